The van der Waals surface area contributed by atoms with Gasteiger partial charge in [0.1, 0.15) is 5.92 Å². The van der Waals surface area contributed by atoms with Gasteiger partial charge in [0.25, 0.3) is 0 Å². The lowest BCUT2D eigenvalue weighted by Gasteiger charge is -2.25. The Labute approximate surface area is 114 Å². The maximum atomic E-state index is 12.3. The lowest BCUT2D eigenvalue weighted by Crippen LogP contribution is -2.48. The van der Waals surface area contributed by atoms with E-state index in [4.69, 9.17) is 10.9 Å². The lowest BCUT2D eigenvalue weighted by molar-refractivity contribution is -0.124. The van der Waals surface area contributed by atoms with Crippen LogP contribution < -0.4 is 11.1 Å². The van der Waals surface area contributed by atoms with Gasteiger partial charge < -0.3 is 16.3 Å². The molecule has 0 aromatic rings. The zero-order chi connectivity index (χ0) is 14.0. The SMILES string of the molecule is CC(C)C(C(=O)NC1CCN2CCCC12)C(N)=NO. The van der Waals surface area contributed by atoms with Crippen LogP contribution in [0.4, 0.5) is 0 Å². The molecule has 2 aliphatic heterocycles. The van der Waals surface area contributed by atoms with Gasteiger partial charge in [-0.25, -0.2) is 0 Å². The molecule has 0 aliphatic carbocycles. The van der Waals surface area contributed by atoms with Crippen LogP contribution in [0.3, 0.4) is 0 Å². The smallest absolute Gasteiger partial charge is 0.231 e. The van der Waals surface area contributed by atoms with Crippen molar-refractivity contribution in [2.45, 2.75) is 45.2 Å². The number of amides is 1. The number of hydrogen-bond donors (Lipinski definition) is 3. The number of carbonyl (C=O) groups is 1. The second kappa shape index (κ2) is 5.77. The van der Waals surface area contributed by atoms with Gasteiger partial charge in [-0.15, -0.1) is 0 Å². The predicted octanol–water partition coefficient (Wildman–Crippen LogP) is 0.358. The van der Waals surface area contributed by atoms with Crippen molar-refractivity contribution in [1.29, 1.82) is 0 Å². The molecule has 2 rings (SSSR count). The Balaban J connectivity index is 1.99. The fraction of sp³-hybridized carbons (Fsp3) is 0.846. The third-order valence-corrected chi connectivity index (χ3v) is 4.32. The Kier molecular flexibility index (Phi) is 4.29. The number of nitrogens with one attached hydrogen (secondary N) is 1. The van der Waals surface area contributed by atoms with E-state index in [2.05, 4.69) is 15.4 Å². The van der Waals surface area contributed by atoms with Gasteiger partial charge in [0.15, 0.2) is 5.84 Å². The highest BCUT2D eigenvalue weighted by Crippen LogP contribution is 2.28. The predicted molar refractivity (Wildman–Crippen MR) is 72.9 cm³/mol. The molecule has 3 unspecified atom stereocenters. The monoisotopic (exact) mass is 268 g/mol. The summed E-state index contributed by atoms with van der Waals surface area (Å²) in [4.78, 5) is 14.8. The van der Waals surface area contributed by atoms with Gasteiger partial charge in [-0.2, -0.15) is 0 Å². The van der Waals surface area contributed by atoms with E-state index in [-0.39, 0.29) is 23.7 Å². The van der Waals surface area contributed by atoms with Crippen molar-refractivity contribution in [1.82, 2.24) is 10.2 Å². The number of fused-ring (bicyclic) bond motifs is 1. The normalized spacial score (nSPS) is 29.5. The Morgan fingerprint density at radius 3 is 2.79 bits per heavy atom. The first-order valence-corrected chi connectivity index (χ1v) is 7.06. The summed E-state index contributed by atoms with van der Waals surface area (Å²) in [6.45, 7) is 6.01. The summed E-state index contributed by atoms with van der Waals surface area (Å²) in [5.41, 5.74) is 5.63. The van der Waals surface area contributed by atoms with Crippen molar-refractivity contribution in [3.63, 3.8) is 0 Å². The summed E-state index contributed by atoms with van der Waals surface area (Å²) in [5, 5.41) is 14.9. The molecule has 4 N–H and O–H groups in total. The first-order chi connectivity index (χ1) is 9.04. The summed E-state index contributed by atoms with van der Waals surface area (Å²) >= 11 is 0. The van der Waals surface area contributed by atoms with Crippen LogP contribution >= 0.6 is 0 Å². The molecule has 0 radical (unpaired) electrons. The molecule has 2 heterocycles. The number of oxime groups is 1. The molecule has 108 valence electrons. The highest BCUT2D eigenvalue weighted by Gasteiger charge is 2.39. The van der Waals surface area contributed by atoms with E-state index in [1.807, 2.05) is 13.8 Å². The second-order valence-electron chi connectivity index (χ2n) is 5.90. The minimum absolute atomic E-state index is 0.00576. The van der Waals surface area contributed by atoms with Crippen LogP contribution in [0.25, 0.3) is 0 Å². The highest BCUT2D eigenvalue weighted by molar-refractivity contribution is 6.02. The molecule has 2 saturated heterocycles. The molecule has 1 amide bonds. The molecule has 0 saturated carbocycles. The number of nitrogens with zero attached hydrogens (tertiary/aromatic N) is 2. The van der Waals surface area contributed by atoms with E-state index in [1.165, 1.54) is 6.42 Å². The average Bonchev–Trinajstić information content (AvgIpc) is 2.93. The highest BCUT2D eigenvalue weighted by atomic mass is 16.4. The topological polar surface area (TPSA) is 91.0 Å². The standard InChI is InChI=1S/C13H24N4O2/c1-8(2)11(12(14)16-19)13(18)15-9-5-7-17-6-3-4-10(9)17/h8-11,19H,3-7H2,1-2H3,(H2,14,16)(H,15,18). The number of carbonyl (C=O) groups excluding carboxylic acids is 1. The summed E-state index contributed by atoms with van der Waals surface area (Å²) in [6, 6.07) is 0.687. The molecule has 6 nitrogen and oxygen atoms in total. The lowest BCUT2D eigenvalue weighted by atomic mass is 9.93. The Morgan fingerprint density at radius 1 is 1.42 bits per heavy atom. The number of amidine groups is 1. The molecule has 0 aromatic heterocycles. The fourth-order valence-electron chi connectivity index (χ4n) is 3.36. The average molecular weight is 268 g/mol. The first-order valence-electron chi connectivity index (χ1n) is 7.06. The van der Waals surface area contributed by atoms with Crippen molar-refractivity contribution in [2.24, 2.45) is 22.7 Å². The molecule has 2 aliphatic rings. The maximum Gasteiger partial charge on any atom is 0.231 e. The van der Waals surface area contributed by atoms with E-state index in [1.54, 1.807) is 0 Å². The van der Waals surface area contributed by atoms with Crippen LogP contribution in [-0.4, -0.2) is 47.0 Å². The van der Waals surface area contributed by atoms with E-state index in [9.17, 15) is 4.79 Å². The molecule has 3 atom stereocenters. The van der Waals surface area contributed by atoms with Gasteiger partial charge in [-0.05, 0) is 31.7 Å². The molecule has 0 aromatic carbocycles. The van der Waals surface area contributed by atoms with Gasteiger partial charge in [0.2, 0.25) is 5.91 Å². The Hall–Kier alpha value is -1.30. The van der Waals surface area contributed by atoms with Gasteiger partial charge >= 0.3 is 0 Å². The Morgan fingerprint density at radius 2 is 2.16 bits per heavy atom. The number of nitrogens with two attached hydrogens (primary N) is 1. The third-order valence-electron chi connectivity index (χ3n) is 4.32. The van der Waals surface area contributed by atoms with Crippen LogP contribution in [-0.2, 0) is 4.79 Å². The zero-order valence-corrected chi connectivity index (χ0v) is 11.7. The minimum atomic E-state index is -0.555. The van der Waals surface area contributed by atoms with Crippen molar-refractivity contribution >= 4 is 11.7 Å². The Bertz CT molecular complexity index is 370. The van der Waals surface area contributed by atoms with Gasteiger partial charge in [0.05, 0.1) is 0 Å². The van der Waals surface area contributed by atoms with E-state index < -0.39 is 5.92 Å². The maximum absolute atomic E-state index is 12.3. The quantitative estimate of drug-likeness (QED) is 0.297. The van der Waals surface area contributed by atoms with Crippen LogP contribution in [0.2, 0.25) is 0 Å². The number of rotatable bonds is 4. The van der Waals surface area contributed by atoms with Crippen LogP contribution in [0, 0.1) is 11.8 Å². The van der Waals surface area contributed by atoms with Crippen LogP contribution in [0.5, 0.6) is 0 Å². The fourth-order valence-corrected chi connectivity index (χ4v) is 3.36. The molecule has 6 heteroatoms. The third kappa shape index (κ3) is 2.83. The molecular weight excluding hydrogens is 244 g/mol. The molecule has 2 fully saturated rings. The number of hydrogen-bond acceptors (Lipinski definition) is 4. The van der Waals surface area contributed by atoms with E-state index >= 15 is 0 Å². The summed E-state index contributed by atoms with van der Waals surface area (Å²) in [6.07, 6.45) is 3.36. The van der Waals surface area contributed by atoms with Gasteiger partial charge in [-0.1, -0.05) is 19.0 Å². The van der Waals surface area contributed by atoms with Crippen molar-refractivity contribution in [3.8, 4) is 0 Å². The van der Waals surface area contributed by atoms with Gasteiger partial charge in [-0.3, -0.25) is 9.69 Å². The first kappa shape index (κ1) is 14.1. The molecule has 19 heavy (non-hydrogen) atoms. The largest absolute Gasteiger partial charge is 0.409 e. The van der Waals surface area contributed by atoms with E-state index in [0.717, 1.165) is 25.9 Å². The summed E-state index contributed by atoms with van der Waals surface area (Å²) in [7, 11) is 0. The molecule has 0 spiro atoms. The van der Waals surface area contributed by atoms with Crippen molar-refractivity contribution in [3.05, 3.63) is 0 Å². The molecule has 0 bridgehead atoms. The summed E-state index contributed by atoms with van der Waals surface area (Å²) < 4.78 is 0. The minimum Gasteiger partial charge on any atom is -0.409 e. The zero-order valence-electron chi connectivity index (χ0n) is 11.7. The van der Waals surface area contributed by atoms with Crippen molar-refractivity contribution < 1.29 is 10.0 Å². The van der Waals surface area contributed by atoms with Crippen LogP contribution in [0.1, 0.15) is 33.1 Å². The second-order valence-corrected chi connectivity index (χ2v) is 5.90. The van der Waals surface area contributed by atoms with E-state index in [0.29, 0.717) is 6.04 Å². The van der Waals surface area contributed by atoms with Crippen LogP contribution in [0.15, 0.2) is 5.16 Å². The van der Waals surface area contributed by atoms with Crippen molar-refractivity contribution in [2.75, 3.05) is 13.1 Å². The summed E-state index contributed by atoms with van der Waals surface area (Å²) in [5.74, 6) is -0.671. The molecular formula is C13H24N4O2. The van der Waals surface area contributed by atoms with Gasteiger partial charge in [0, 0.05) is 18.6 Å².